The lowest BCUT2D eigenvalue weighted by atomic mass is 9.92. The highest BCUT2D eigenvalue weighted by atomic mass is 32.1. The predicted molar refractivity (Wildman–Crippen MR) is 67.1 cm³/mol. The molecule has 92 valence electrons. The average Bonchev–Trinajstić information content (AvgIpc) is 2.97. The molecule has 0 bridgehead atoms. The molecule has 0 aromatic carbocycles. The van der Waals surface area contributed by atoms with Crippen molar-refractivity contribution in [1.82, 2.24) is 15.2 Å². The third-order valence-electron chi connectivity index (χ3n) is 3.96. The van der Waals surface area contributed by atoms with Crippen LogP contribution in [-0.2, 0) is 0 Å². The van der Waals surface area contributed by atoms with Crippen molar-refractivity contribution in [3.63, 3.8) is 0 Å². The molecule has 1 aromatic rings. The Hall–Kier alpha value is -0.940. The molecule has 1 amide bonds. The average molecular weight is 251 g/mol. The minimum absolute atomic E-state index is 0.110. The second-order valence-corrected chi connectivity index (χ2v) is 5.64. The van der Waals surface area contributed by atoms with Crippen LogP contribution in [-0.4, -0.2) is 42.0 Å². The smallest absolute Gasteiger partial charge is 0.273 e. The molecule has 5 heteroatoms. The Balaban J connectivity index is 1.67. The number of nitrogens with zero attached hydrogens (tertiary/aromatic N) is 2. The molecule has 0 spiro atoms. The zero-order valence-corrected chi connectivity index (χ0v) is 10.6. The van der Waals surface area contributed by atoms with Crippen LogP contribution >= 0.6 is 11.3 Å². The Morgan fingerprint density at radius 2 is 2.06 bits per heavy atom. The summed E-state index contributed by atoms with van der Waals surface area (Å²) in [5.74, 6) is 1.64. The number of fused-ring (bicyclic) bond motifs is 1. The zero-order valence-electron chi connectivity index (χ0n) is 9.76. The van der Waals surface area contributed by atoms with Gasteiger partial charge in [0.15, 0.2) is 0 Å². The normalized spacial score (nSPS) is 28.8. The number of hydrogen-bond acceptors (Lipinski definition) is 4. The Kier molecular flexibility index (Phi) is 3.11. The molecule has 0 aliphatic carbocycles. The summed E-state index contributed by atoms with van der Waals surface area (Å²) in [6, 6.07) is 0. The van der Waals surface area contributed by atoms with Crippen molar-refractivity contribution >= 4 is 17.2 Å². The van der Waals surface area contributed by atoms with Crippen LogP contribution in [0.15, 0.2) is 10.9 Å². The number of aromatic nitrogens is 1. The zero-order chi connectivity index (χ0) is 11.7. The van der Waals surface area contributed by atoms with E-state index in [9.17, 15) is 4.79 Å². The molecule has 0 unspecified atom stereocenters. The number of likely N-dealkylation sites (tertiary alicyclic amines) is 1. The third-order valence-corrected chi connectivity index (χ3v) is 4.54. The van der Waals surface area contributed by atoms with Gasteiger partial charge in [0.05, 0.1) is 5.51 Å². The fourth-order valence-corrected chi connectivity index (χ4v) is 3.43. The van der Waals surface area contributed by atoms with Crippen molar-refractivity contribution in [2.45, 2.75) is 12.8 Å². The van der Waals surface area contributed by atoms with Crippen molar-refractivity contribution in [3.8, 4) is 0 Å². The lowest BCUT2D eigenvalue weighted by Gasteiger charge is -2.19. The first kappa shape index (κ1) is 11.2. The van der Waals surface area contributed by atoms with Crippen molar-refractivity contribution in [3.05, 3.63) is 16.6 Å². The summed E-state index contributed by atoms with van der Waals surface area (Å²) in [5.41, 5.74) is 2.34. The van der Waals surface area contributed by atoms with Gasteiger partial charge in [0.2, 0.25) is 0 Å². The van der Waals surface area contributed by atoms with Gasteiger partial charge in [-0.05, 0) is 37.8 Å². The largest absolute Gasteiger partial charge is 0.337 e. The number of carbonyl (C=O) groups is 1. The van der Waals surface area contributed by atoms with Gasteiger partial charge in [-0.2, -0.15) is 0 Å². The van der Waals surface area contributed by atoms with Crippen LogP contribution in [0.3, 0.4) is 0 Å². The molecule has 3 rings (SSSR count). The van der Waals surface area contributed by atoms with E-state index in [0.29, 0.717) is 5.69 Å². The molecule has 4 nitrogen and oxygen atoms in total. The molecule has 2 saturated heterocycles. The van der Waals surface area contributed by atoms with Crippen LogP contribution in [0.5, 0.6) is 0 Å². The molecule has 0 saturated carbocycles. The van der Waals surface area contributed by atoms with Crippen LogP contribution in [0.25, 0.3) is 0 Å². The first-order chi connectivity index (χ1) is 8.34. The predicted octanol–water partition coefficient (Wildman–Crippen LogP) is 1.21. The third kappa shape index (κ3) is 2.21. The molecule has 0 radical (unpaired) electrons. The van der Waals surface area contributed by atoms with Crippen molar-refractivity contribution in [2.24, 2.45) is 11.8 Å². The topological polar surface area (TPSA) is 45.2 Å². The molecule has 1 aromatic heterocycles. The lowest BCUT2D eigenvalue weighted by Crippen LogP contribution is -2.32. The Morgan fingerprint density at radius 3 is 2.65 bits per heavy atom. The van der Waals surface area contributed by atoms with E-state index in [4.69, 9.17) is 0 Å². The molecule has 2 aliphatic heterocycles. The number of thiazole rings is 1. The minimum atomic E-state index is 0.110. The first-order valence-electron chi connectivity index (χ1n) is 6.23. The Bertz CT molecular complexity index is 378. The number of hydrogen-bond donors (Lipinski definition) is 1. The van der Waals surface area contributed by atoms with Crippen molar-refractivity contribution in [1.29, 1.82) is 0 Å². The Labute approximate surface area is 105 Å². The van der Waals surface area contributed by atoms with E-state index in [1.165, 1.54) is 11.3 Å². The van der Waals surface area contributed by atoms with Crippen molar-refractivity contribution in [2.75, 3.05) is 26.2 Å². The summed E-state index contributed by atoms with van der Waals surface area (Å²) >= 11 is 1.49. The highest BCUT2D eigenvalue weighted by Crippen LogP contribution is 2.27. The van der Waals surface area contributed by atoms with Gasteiger partial charge in [-0.1, -0.05) is 0 Å². The fraction of sp³-hybridized carbons (Fsp3) is 0.667. The maximum absolute atomic E-state index is 12.2. The molecule has 2 aliphatic rings. The highest BCUT2D eigenvalue weighted by Gasteiger charge is 2.31. The van der Waals surface area contributed by atoms with Crippen LogP contribution in [0.2, 0.25) is 0 Å². The molecular formula is C12H17N3OS. The minimum Gasteiger partial charge on any atom is -0.337 e. The van der Waals surface area contributed by atoms with E-state index in [2.05, 4.69) is 10.3 Å². The van der Waals surface area contributed by atoms with Crippen LogP contribution in [0.1, 0.15) is 23.3 Å². The van der Waals surface area contributed by atoms with Crippen LogP contribution in [0.4, 0.5) is 0 Å². The standard InChI is InChI=1S/C12H17N3OS/c16-12(11-7-17-8-14-11)15-3-1-9-5-13-6-10(9)2-4-15/h7-10,13H,1-6H2/t9-,10+. The number of rotatable bonds is 1. The molecule has 1 N–H and O–H groups in total. The van der Waals surface area contributed by atoms with Gasteiger partial charge < -0.3 is 10.2 Å². The van der Waals surface area contributed by atoms with E-state index in [-0.39, 0.29) is 5.91 Å². The van der Waals surface area contributed by atoms with Gasteiger partial charge in [0.1, 0.15) is 5.69 Å². The van der Waals surface area contributed by atoms with Gasteiger partial charge >= 0.3 is 0 Å². The highest BCUT2D eigenvalue weighted by molar-refractivity contribution is 7.07. The van der Waals surface area contributed by atoms with Gasteiger partial charge in [0, 0.05) is 18.5 Å². The van der Waals surface area contributed by atoms with E-state index in [0.717, 1.165) is 50.9 Å². The maximum atomic E-state index is 12.2. The number of carbonyl (C=O) groups excluding carboxylic acids is 1. The fourth-order valence-electron chi connectivity index (χ4n) is 2.90. The summed E-state index contributed by atoms with van der Waals surface area (Å²) in [6.07, 6.45) is 2.26. The van der Waals surface area contributed by atoms with Crippen LogP contribution < -0.4 is 5.32 Å². The second kappa shape index (κ2) is 4.74. The lowest BCUT2D eigenvalue weighted by molar-refractivity contribution is 0.0753. The SMILES string of the molecule is O=C(c1cscn1)N1CC[C@@H]2CNC[C@@H]2CC1. The molecular weight excluding hydrogens is 234 g/mol. The molecule has 2 fully saturated rings. The molecule has 2 atom stereocenters. The monoisotopic (exact) mass is 251 g/mol. The summed E-state index contributed by atoms with van der Waals surface area (Å²) in [4.78, 5) is 18.3. The summed E-state index contributed by atoms with van der Waals surface area (Å²) in [5, 5.41) is 5.29. The summed E-state index contributed by atoms with van der Waals surface area (Å²) in [7, 11) is 0. The maximum Gasteiger partial charge on any atom is 0.273 e. The van der Waals surface area contributed by atoms with Gasteiger partial charge in [-0.3, -0.25) is 4.79 Å². The van der Waals surface area contributed by atoms with Gasteiger partial charge in [-0.15, -0.1) is 11.3 Å². The Morgan fingerprint density at radius 1 is 1.35 bits per heavy atom. The number of amides is 1. The molecule has 17 heavy (non-hydrogen) atoms. The summed E-state index contributed by atoms with van der Waals surface area (Å²) < 4.78 is 0. The van der Waals surface area contributed by atoms with E-state index in [1.54, 1.807) is 5.51 Å². The van der Waals surface area contributed by atoms with E-state index < -0.39 is 0 Å². The van der Waals surface area contributed by atoms with Crippen molar-refractivity contribution < 1.29 is 4.79 Å². The summed E-state index contributed by atoms with van der Waals surface area (Å²) in [6.45, 7) is 4.03. The quantitative estimate of drug-likeness (QED) is 0.816. The van der Waals surface area contributed by atoms with Gasteiger partial charge in [-0.25, -0.2) is 4.98 Å². The second-order valence-electron chi connectivity index (χ2n) is 4.92. The number of nitrogens with one attached hydrogen (secondary N) is 1. The van der Waals surface area contributed by atoms with E-state index >= 15 is 0 Å². The van der Waals surface area contributed by atoms with E-state index in [1.807, 2.05) is 10.3 Å². The van der Waals surface area contributed by atoms with Gasteiger partial charge in [0.25, 0.3) is 5.91 Å². The van der Waals surface area contributed by atoms with Crippen LogP contribution in [0, 0.1) is 11.8 Å². The first-order valence-corrected chi connectivity index (χ1v) is 7.17. The molecule has 3 heterocycles.